The number of rotatable bonds is 1. The van der Waals surface area contributed by atoms with Gasteiger partial charge in [0.05, 0.1) is 0 Å². The highest BCUT2D eigenvalue weighted by Crippen LogP contribution is 2.23. The van der Waals surface area contributed by atoms with Gasteiger partial charge >= 0.3 is 0 Å². The molecule has 0 heterocycles. The van der Waals surface area contributed by atoms with E-state index in [1.165, 1.54) is 0 Å². The molecule has 0 aromatic rings. The van der Waals surface area contributed by atoms with Gasteiger partial charge in [0.25, 0.3) is 0 Å². The number of allylic oxidation sites excluding steroid dienone is 4. The maximum atomic E-state index is 10.4. The van der Waals surface area contributed by atoms with Crippen LogP contribution in [-0.2, 0) is 4.79 Å². The first kappa shape index (κ1) is 6.27. The third-order valence-corrected chi connectivity index (χ3v) is 1.55. The summed E-state index contributed by atoms with van der Waals surface area (Å²) in [5.74, 6) is 0. The molecule has 0 saturated heterocycles. The third-order valence-electron chi connectivity index (χ3n) is 1.55. The second kappa shape index (κ2) is 2.18. The summed E-state index contributed by atoms with van der Waals surface area (Å²) in [7, 11) is 0. The zero-order valence-electron chi connectivity index (χ0n) is 5.50. The van der Waals surface area contributed by atoms with Crippen molar-refractivity contribution in [2.24, 2.45) is 5.41 Å². The summed E-state index contributed by atoms with van der Waals surface area (Å²) < 4.78 is 0. The van der Waals surface area contributed by atoms with Gasteiger partial charge in [-0.3, -0.25) is 0 Å². The van der Waals surface area contributed by atoms with Crippen molar-refractivity contribution >= 4 is 6.29 Å². The van der Waals surface area contributed by atoms with Crippen molar-refractivity contribution in [1.82, 2.24) is 0 Å². The van der Waals surface area contributed by atoms with Gasteiger partial charge in [-0.2, -0.15) is 0 Å². The average molecular weight is 122 g/mol. The molecule has 0 aliphatic heterocycles. The minimum Gasteiger partial charge on any atom is -0.302 e. The van der Waals surface area contributed by atoms with Gasteiger partial charge in [-0.1, -0.05) is 24.3 Å². The lowest BCUT2D eigenvalue weighted by molar-refractivity contribution is -0.113. The van der Waals surface area contributed by atoms with Crippen LogP contribution in [0.15, 0.2) is 24.3 Å². The van der Waals surface area contributed by atoms with Gasteiger partial charge in [0.2, 0.25) is 0 Å². The molecule has 1 unspecified atom stereocenters. The van der Waals surface area contributed by atoms with Crippen molar-refractivity contribution in [3.63, 3.8) is 0 Å². The summed E-state index contributed by atoms with van der Waals surface area (Å²) in [5, 5.41) is 0. The maximum absolute atomic E-state index is 10.4. The Morgan fingerprint density at radius 1 is 1.56 bits per heavy atom. The first-order valence-corrected chi connectivity index (χ1v) is 3.07. The van der Waals surface area contributed by atoms with E-state index in [0.29, 0.717) is 0 Å². The zero-order valence-corrected chi connectivity index (χ0v) is 5.50. The van der Waals surface area contributed by atoms with Gasteiger partial charge < -0.3 is 4.79 Å². The van der Waals surface area contributed by atoms with E-state index < -0.39 is 0 Å². The summed E-state index contributed by atoms with van der Waals surface area (Å²) >= 11 is 0. The van der Waals surface area contributed by atoms with Gasteiger partial charge in [-0.15, -0.1) is 0 Å². The Morgan fingerprint density at radius 2 is 2.33 bits per heavy atom. The Kier molecular flexibility index (Phi) is 1.52. The van der Waals surface area contributed by atoms with E-state index in [1.54, 1.807) is 0 Å². The van der Waals surface area contributed by atoms with Crippen LogP contribution < -0.4 is 0 Å². The second-order valence-electron chi connectivity index (χ2n) is 2.62. The molecular formula is C8H10O. The normalized spacial score (nSPS) is 32.6. The Balaban J connectivity index is 2.73. The van der Waals surface area contributed by atoms with E-state index in [0.717, 1.165) is 12.7 Å². The first-order valence-electron chi connectivity index (χ1n) is 3.07. The fourth-order valence-corrected chi connectivity index (χ4v) is 0.831. The molecule has 0 spiro atoms. The molecule has 0 saturated carbocycles. The van der Waals surface area contributed by atoms with Gasteiger partial charge in [0.1, 0.15) is 6.29 Å². The molecule has 0 fully saturated rings. The predicted molar refractivity (Wildman–Crippen MR) is 37.1 cm³/mol. The van der Waals surface area contributed by atoms with Crippen LogP contribution in [0, 0.1) is 5.41 Å². The van der Waals surface area contributed by atoms with Crippen LogP contribution in [0.2, 0.25) is 0 Å². The molecule has 0 aromatic heterocycles. The van der Waals surface area contributed by atoms with Gasteiger partial charge in [0, 0.05) is 5.41 Å². The molecule has 0 amide bonds. The minimum atomic E-state index is -0.227. The predicted octanol–water partition coefficient (Wildman–Crippen LogP) is 1.71. The highest BCUT2D eigenvalue weighted by atomic mass is 16.1. The Morgan fingerprint density at radius 3 is 2.67 bits per heavy atom. The summed E-state index contributed by atoms with van der Waals surface area (Å²) in [5.41, 5.74) is -0.227. The fourth-order valence-electron chi connectivity index (χ4n) is 0.831. The molecule has 1 aliphatic carbocycles. The van der Waals surface area contributed by atoms with Crippen molar-refractivity contribution in [1.29, 1.82) is 0 Å². The number of hydrogen-bond donors (Lipinski definition) is 0. The fraction of sp³-hybridized carbons (Fsp3) is 0.375. The zero-order chi connectivity index (χ0) is 6.74. The number of hydrogen-bond acceptors (Lipinski definition) is 1. The molecule has 1 heteroatoms. The molecule has 48 valence electrons. The van der Waals surface area contributed by atoms with Crippen LogP contribution in [0.3, 0.4) is 0 Å². The molecule has 0 bridgehead atoms. The molecule has 1 aliphatic rings. The lowest BCUT2D eigenvalue weighted by Crippen LogP contribution is -2.14. The van der Waals surface area contributed by atoms with Crippen molar-refractivity contribution in [3.8, 4) is 0 Å². The van der Waals surface area contributed by atoms with E-state index in [1.807, 2.05) is 31.2 Å². The van der Waals surface area contributed by atoms with E-state index in [9.17, 15) is 4.79 Å². The SMILES string of the molecule is CC1(C=O)C=CC=CC1. The summed E-state index contributed by atoms with van der Waals surface area (Å²) in [6.07, 6.45) is 9.65. The monoisotopic (exact) mass is 122 g/mol. The molecule has 9 heavy (non-hydrogen) atoms. The Hall–Kier alpha value is -0.850. The Bertz CT molecular complexity index is 167. The van der Waals surface area contributed by atoms with Crippen molar-refractivity contribution < 1.29 is 4.79 Å². The van der Waals surface area contributed by atoms with E-state index in [2.05, 4.69) is 0 Å². The highest BCUT2D eigenvalue weighted by molar-refractivity contribution is 5.63. The quantitative estimate of drug-likeness (QED) is 0.484. The summed E-state index contributed by atoms with van der Waals surface area (Å²) in [6, 6.07) is 0. The van der Waals surface area contributed by atoms with Gasteiger partial charge in [-0.25, -0.2) is 0 Å². The van der Waals surface area contributed by atoms with Crippen LogP contribution in [0.5, 0.6) is 0 Å². The molecule has 0 N–H and O–H groups in total. The lowest BCUT2D eigenvalue weighted by Gasteiger charge is -2.17. The summed E-state index contributed by atoms with van der Waals surface area (Å²) in [4.78, 5) is 10.4. The van der Waals surface area contributed by atoms with Crippen molar-refractivity contribution in [3.05, 3.63) is 24.3 Å². The number of carbonyl (C=O) groups is 1. The average Bonchev–Trinajstić information content (AvgIpc) is 1.90. The van der Waals surface area contributed by atoms with Crippen LogP contribution in [0.1, 0.15) is 13.3 Å². The molecular weight excluding hydrogens is 112 g/mol. The van der Waals surface area contributed by atoms with Crippen LogP contribution in [0.4, 0.5) is 0 Å². The second-order valence-corrected chi connectivity index (χ2v) is 2.62. The van der Waals surface area contributed by atoms with E-state index in [-0.39, 0.29) is 5.41 Å². The molecule has 1 rings (SSSR count). The van der Waals surface area contributed by atoms with Crippen molar-refractivity contribution in [2.75, 3.05) is 0 Å². The smallest absolute Gasteiger partial charge is 0.129 e. The van der Waals surface area contributed by atoms with E-state index in [4.69, 9.17) is 0 Å². The first-order chi connectivity index (χ1) is 4.27. The van der Waals surface area contributed by atoms with Crippen LogP contribution in [0.25, 0.3) is 0 Å². The topological polar surface area (TPSA) is 17.1 Å². The lowest BCUT2D eigenvalue weighted by atomic mass is 9.86. The molecule has 1 nitrogen and oxygen atoms in total. The standard InChI is InChI=1S/C8H10O/c1-8(7-9)5-3-2-4-6-8/h2-5,7H,6H2,1H3. The molecule has 0 radical (unpaired) electrons. The molecule has 1 atom stereocenters. The maximum Gasteiger partial charge on any atom is 0.129 e. The van der Waals surface area contributed by atoms with Crippen LogP contribution >= 0.6 is 0 Å². The minimum absolute atomic E-state index is 0.227. The van der Waals surface area contributed by atoms with Gasteiger partial charge in [-0.05, 0) is 13.3 Å². The largest absolute Gasteiger partial charge is 0.302 e. The van der Waals surface area contributed by atoms with Crippen LogP contribution in [-0.4, -0.2) is 6.29 Å². The third kappa shape index (κ3) is 1.28. The Labute approximate surface area is 55.1 Å². The molecule has 0 aromatic carbocycles. The van der Waals surface area contributed by atoms with Crippen molar-refractivity contribution in [2.45, 2.75) is 13.3 Å². The highest BCUT2D eigenvalue weighted by Gasteiger charge is 2.18. The number of carbonyl (C=O) groups excluding carboxylic acids is 1. The van der Waals surface area contributed by atoms with Gasteiger partial charge in [0.15, 0.2) is 0 Å². The number of aldehydes is 1. The van der Waals surface area contributed by atoms with E-state index >= 15 is 0 Å². The summed E-state index contributed by atoms with van der Waals surface area (Å²) in [6.45, 7) is 1.93.